The monoisotopic (exact) mass is 384 g/mol. The first-order valence-corrected chi connectivity index (χ1v) is 9.86. The first-order chi connectivity index (χ1) is 12.7. The summed E-state index contributed by atoms with van der Waals surface area (Å²) >= 11 is 0. The van der Waals surface area contributed by atoms with Crippen LogP contribution >= 0.6 is 0 Å². The fourth-order valence-corrected chi connectivity index (χ4v) is 5.40. The Balaban J connectivity index is 1.58. The summed E-state index contributed by atoms with van der Waals surface area (Å²) in [5.41, 5.74) is -0.697. The van der Waals surface area contributed by atoms with Crippen molar-refractivity contribution in [2.24, 2.45) is 23.7 Å². The van der Waals surface area contributed by atoms with Crippen LogP contribution in [0, 0.1) is 23.7 Å². The van der Waals surface area contributed by atoms with Gasteiger partial charge in [-0.15, -0.1) is 0 Å². The van der Waals surface area contributed by atoms with Crippen LogP contribution in [-0.4, -0.2) is 41.0 Å². The topological polar surface area (TPSA) is 101 Å². The van der Waals surface area contributed by atoms with Gasteiger partial charge >= 0.3 is 11.9 Å². The normalized spacial score (nSPS) is 48.4. The summed E-state index contributed by atoms with van der Waals surface area (Å²) in [5, 5.41) is 8.76. The van der Waals surface area contributed by atoms with Crippen LogP contribution in [0.25, 0.3) is 0 Å². The molecule has 8 heteroatoms. The first-order valence-electron chi connectivity index (χ1n) is 9.86. The van der Waals surface area contributed by atoms with Gasteiger partial charge in [0.25, 0.3) is 0 Å². The van der Waals surface area contributed by atoms with Gasteiger partial charge in [0.15, 0.2) is 11.9 Å². The third-order valence-corrected chi connectivity index (χ3v) is 6.89. The van der Waals surface area contributed by atoms with Crippen LogP contribution < -0.4 is 0 Å². The van der Waals surface area contributed by atoms with Gasteiger partial charge in [-0.05, 0) is 38.0 Å². The highest BCUT2D eigenvalue weighted by Gasteiger charge is 2.69. The molecule has 0 radical (unpaired) electrons. The second-order valence-corrected chi connectivity index (χ2v) is 8.66. The maximum Gasteiger partial charge on any atom is 0.308 e. The van der Waals surface area contributed by atoms with E-state index in [1.807, 2.05) is 13.8 Å². The standard InChI is InChI=1S/C19H28O8/c1-10-4-5-13-11(2)16(23-15(22)7-6-14(20)21)24-17-19(13)12(10)8-9-18(3,25-17)26-27-19/h10-13,16-17H,4-9H2,1-3H3,(H,20,21)/t10-,11-,12+,13+,16-,17-,18+,19-/m1/s1. The molecule has 5 aliphatic rings. The number of esters is 1. The van der Waals surface area contributed by atoms with Gasteiger partial charge in [0.1, 0.15) is 0 Å². The molecule has 1 aliphatic carbocycles. The number of fused-ring (bicyclic) bond motifs is 2. The van der Waals surface area contributed by atoms with Crippen LogP contribution in [0.3, 0.4) is 0 Å². The summed E-state index contributed by atoms with van der Waals surface area (Å²) in [6.07, 6.45) is 1.72. The molecule has 2 bridgehead atoms. The molecule has 4 saturated heterocycles. The highest BCUT2D eigenvalue weighted by atomic mass is 17.3. The summed E-state index contributed by atoms with van der Waals surface area (Å²) in [4.78, 5) is 34.5. The smallest absolute Gasteiger partial charge is 0.308 e. The molecule has 1 saturated carbocycles. The molecule has 27 heavy (non-hydrogen) atoms. The molecule has 1 spiro atoms. The number of hydrogen-bond acceptors (Lipinski definition) is 7. The van der Waals surface area contributed by atoms with Crippen molar-refractivity contribution < 1.29 is 38.7 Å². The molecule has 8 nitrogen and oxygen atoms in total. The van der Waals surface area contributed by atoms with Crippen LogP contribution in [0.15, 0.2) is 0 Å². The van der Waals surface area contributed by atoms with Crippen molar-refractivity contribution in [3.8, 4) is 0 Å². The van der Waals surface area contributed by atoms with Crippen LogP contribution in [0.1, 0.15) is 59.3 Å². The molecular weight excluding hydrogens is 356 g/mol. The number of aliphatic carboxylic acids is 1. The Labute approximate surface area is 158 Å². The van der Waals surface area contributed by atoms with Gasteiger partial charge in [-0.3, -0.25) is 9.59 Å². The number of carbonyl (C=O) groups is 2. The van der Waals surface area contributed by atoms with E-state index in [1.165, 1.54) is 0 Å². The third kappa shape index (κ3) is 3.06. The fourth-order valence-electron chi connectivity index (χ4n) is 5.40. The van der Waals surface area contributed by atoms with Gasteiger partial charge in [0, 0.05) is 18.3 Å². The lowest BCUT2D eigenvalue weighted by Crippen LogP contribution is -2.70. The Morgan fingerprint density at radius 1 is 1.11 bits per heavy atom. The molecule has 5 rings (SSSR count). The minimum Gasteiger partial charge on any atom is -0.481 e. The minimum atomic E-state index is -1.03. The zero-order valence-electron chi connectivity index (χ0n) is 16.0. The second kappa shape index (κ2) is 6.69. The highest BCUT2D eigenvalue weighted by molar-refractivity contribution is 5.76. The quantitative estimate of drug-likeness (QED) is 0.583. The molecule has 4 aliphatic heterocycles. The van der Waals surface area contributed by atoms with Gasteiger partial charge in [0.2, 0.25) is 12.1 Å². The largest absolute Gasteiger partial charge is 0.481 e. The zero-order valence-corrected chi connectivity index (χ0v) is 16.0. The molecule has 8 atom stereocenters. The average molecular weight is 384 g/mol. The first kappa shape index (κ1) is 19.1. The highest BCUT2D eigenvalue weighted by Crippen LogP contribution is 2.60. The van der Waals surface area contributed by atoms with E-state index in [2.05, 4.69) is 6.92 Å². The van der Waals surface area contributed by atoms with E-state index in [0.717, 1.165) is 19.3 Å². The van der Waals surface area contributed by atoms with Gasteiger partial charge < -0.3 is 19.3 Å². The van der Waals surface area contributed by atoms with E-state index >= 15 is 0 Å². The predicted octanol–water partition coefficient (Wildman–Crippen LogP) is 2.60. The second-order valence-electron chi connectivity index (χ2n) is 8.66. The van der Waals surface area contributed by atoms with Crippen molar-refractivity contribution in [1.29, 1.82) is 0 Å². The van der Waals surface area contributed by atoms with Crippen LogP contribution in [-0.2, 0) is 33.6 Å². The SMILES string of the molecule is C[C@H]1[C@H](OC(=O)CCC(=O)O)O[C@@H]2O[C@]3(C)CC[C@H]4[C@H](C)CC[C@@H]1[C@@]24OO3. The van der Waals surface area contributed by atoms with Gasteiger partial charge in [-0.2, -0.15) is 0 Å². The number of rotatable bonds is 4. The Bertz CT molecular complexity index is 623. The van der Waals surface area contributed by atoms with E-state index in [1.54, 1.807) is 0 Å². The van der Waals surface area contributed by atoms with Crippen molar-refractivity contribution in [2.75, 3.05) is 0 Å². The number of carbonyl (C=O) groups excluding carboxylic acids is 1. The number of ether oxygens (including phenoxy) is 3. The molecule has 0 aromatic rings. The molecule has 0 unspecified atom stereocenters. The van der Waals surface area contributed by atoms with Crippen LogP contribution in [0.4, 0.5) is 0 Å². The Morgan fingerprint density at radius 2 is 1.89 bits per heavy atom. The van der Waals surface area contributed by atoms with Crippen molar-refractivity contribution in [2.45, 2.75) is 83.3 Å². The van der Waals surface area contributed by atoms with E-state index in [4.69, 9.17) is 29.1 Å². The maximum atomic E-state index is 12.1. The zero-order chi connectivity index (χ0) is 19.4. The average Bonchev–Trinajstić information content (AvgIpc) is 2.84. The lowest BCUT2D eigenvalue weighted by atomic mass is 9.58. The minimum absolute atomic E-state index is 0.0670. The van der Waals surface area contributed by atoms with E-state index in [0.29, 0.717) is 12.3 Å². The summed E-state index contributed by atoms with van der Waals surface area (Å²) < 4.78 is 17.8. The molecule has 0 amide bonds. The lowest BCUT2D eigenvalue weighted by molar-refractivity contribution is -0.576. The van der Waals surface area contributed by atoms with Gasteiger partial charge in [0.05, 0.1) is 12.8 Å². The molecule has 0 aromatic carbocycles. The summed E-state index contributed by atoms with van der Waals surface area (Å²) in [7, 11) is 0. The summed E-state index contributed by atoms with van der Waals surface area (Å²) in [6.45, 7) is 6.06. The molecule has 0 aromatic heterocycles. The molecule has 152 valence electrons. The lowest BCUT2D eigenvalue weighted by Gasteiger charge is -2.59. The van der Waals surface area contributed by atoms with Crippen LogP contribution in [0.5, 0.6) is 0 Å². The molecule has 4 heterocycles. The summed E-state index contributed by atoms with van der Waals surface area (Å²) in [5.74, 6) is -1.82. The van der Waals surface area contributed by atoms with Gasteiger partial charge in [-0.1, -0.05) is 13.8 Å². The molecular formula is C19H28O8. The summed E-state index contributed by atoms with van der Waals surface area (Å²) in [6, 6.07) is 0. The number of hydrogen-bond donors (Lipinski definition) is 1. The van der Waals surface area contributed by atoms with Crippen LogP contribution in [0.2, 0.25) is 0 Å². The Kier molecular flexibility index (Phi) is 4.73. The Hall–Kier alpha value is -1.22. The maximum absolute atomic E-state index is 12.1. The Morgan fingerprint density at radius 3 is 2.63 bits per heavy atom. The number of carboxylic acids is 1. The van der Waals surface area contributed by atoms with E-state index < -0.39 is 35.9 Å². The number of carboxylic acid groups (broad SMARTS) is 1. The third-order valence-electron chi connectivity index (χ3n) is 6.89. The predicted molar refractivity (Wildman–Crippen MR) is 89.8 cm³/mol. The fraction of sp³-hybridized carbons (Fsp3) is 0.895. The van der Waals surface area contributed by atoms with E-state index in [-0.39, 0.29) is 30.6 Å². The van der Waals surface area contributed by atoms with E-state index in [9.17, 15) is 9.59 Å². The van der Waals surface area contributed by atoms with Crippen molar-refractivity contribution >= 4 is 11.9 Å². The molecule has 5 fully saturated rings. The van der Waals surface area contributed by atoms with Crippen molar-refractivity contribution in [3.05, 3.63) is 0 Å². The van der Waals surface area contributed by atoms with Crippen molar-refractivity contribution in [3.63, 3.8) is 0 Å². The van der Waals surface area contributed by atoms with Gasteiger partial charge in [-0.25, -0.2) is 9.78 Å². The van der Waals surface area contributed by atoms with Crippen molar-refractivity contribution in [1.82, 2.24) is 0 Å². The molecule has 1 N–H and O–H groups in total.